The third kappa shape index (κ3) is 4.43. The van der Waals surface area contributed by atoms with Gasteiger partial charge < -0.3 is 10.2 Å². The van der Waals surface area contributed by atoms with E-state index in [9.17, 15) is 9.59 Å². The van der Waals surface area contributed by atoms with Crippen LogP contribution in [0, 0.1) is 6.92 Å². The van der Waals surface area contributed by atoms with Crippen molar-refractivity contribution in [2.75, 3.05) is 16.5 Å². The van der Waals surface area contributed by atoms with E-state index in [1.54, 1.807) is 23.0 Å². The number of anilines is 2. The van der Waals surface area contributed by atoms with Gasteiger partial charge in [0.25, 0.3) is 11.5 Å². The molecule has 3 unspecified atom stereocenters. The number of nitrogens with zero attached hydrogens (tertiary/aromatic N) is 4. The molecule has 0 radical (unpaired) electrons. The van der Waals surface area contributed by atoms with E-state index in [2.05, 4.69) is 26.0 Å². The van der Waals surface area contributed by atoms with E-state index < -0.39 is 0 Å². The number of fused-ring (bicyclic) bond motifs is 3. The molecule has 0 saturated carbocycles. The van der Waals surface area contributed by atoms with Crippen LogP contribution in [0.3, 0.4) is 0 Å². The summed E-state index contributed by atoms with van der Waals surface area (Å²) in [7, 11) is 1.83. The van der Waals surface area contributed by atoms with Crippen molar-refractivity contribution in [3.05, 3.63) is 56.6 Å². The van der Waals surface area contributed by atoms with Crippen LogP contribution < -0.4 is 20.5 Å². The van der Waals surface area contributed by atoms with E-state index >= 15 is 0 Å². The molecule has 0 spiro atoms. The molecule has 36 heavy (non-hydrogen) atoms. The first-order valence-electron chi connectivity index (χ1n) is 12.3. The van der Waals surface area contributed by atoms with Crippen molar-refractivity contribution in [2.45, 2.75) is 64.1 Å². The Hall–Kier alpha value is -2.78. The number of hydrogen-bond donors (Lipinski definition) is 2. The van der Waals surface area contributed by atoms with E-state index in [-0.39, 0.29) is 28.4 Å². The van der Waals surface area contributed by atoms with Crippen molar-refractivity contribution in [1.29, 1.82) is 0 Å². The Kier molecular flexibility index (Phi) is 6.87. The van der Waals surface area contributed by atoms with Crippen LogP contribution in [0.25, 0.3) is 10.9 Å². The molecule has 3 aromatic rings. The molecular formula is C26H31ClN6O2S. The number of aromatic nitrogens is 3. The Bertz CT molecular complexity index is 1380. The summed E-state index contributed by atoms with van der Waals surface area (Å²) in [4.78, 5) is 37.9. The molecule has 4 heterocycles. The van der Waals surface area contributed by atoms with Crippen LogP contribution in [-0.2, 0) is 7.05 Å². The van der Waals surface area contributed by atoms with Crippen molar-refractivity contribution in [1.82, 2.24) is 19.3 Å². The number of rotatable bonds is 6. The molecule has 8 nitrogen and oxygen atoms in total. The summed E-state index contributed by atoms with van der Waals surface area (Å²) in [5.74, 6) is 0.425. The minimum Gasteiger partial charge on any atom is -0.377 e. The smallest absolute Gasteiger partial charge is 0.281 e. The van der Waals surface area contributed by atoms with Gasteiger partial charge in [0, 0.05) is 31.0 Å². The number of carbonyl (C=O) groups is 1. The fourth-order valence-electron chi connectivity index (χ4n) is 5.72. The van der Waals surface area contributed by atoms with E-state index in [1.807, 2.05) is 27.0 Å². The number of nitrogens with one attached hydrogen (secondary N) is 2. The highest BCUT2D eigenvalue weighted by Gasteiger charge is 2.38. The van der Waals surface area contributed by atoms with Crippen molar-refractivity contribution < 1.29 is 4.79 Å². The number of halogens is 1. The number of carbonyl (C=O) groups excluding carboxylic acids is 1. The van der Waals surface area contributed by atoms with Gasteiger partial charge in [0.2, 0.25) is 5.95 Å². The zero-order valence-electron chi connectivity index (χ0n) is 21.0. The average molecular weight is 527 g/mol. The number of piperidine rings is 1. The molecule has 1 aromatic carbocycles. The summed E-state index contributed by atoms with van der Waals surface area (Å²) in [6.07, 6.45) is 7.61. The highest BCUT2D eigenvalue weighted by Crippen LogP contribution is 2.39. The molecule has 2 aromatic heterocycles. The van der Waals surface area contributed by atoms with Crippen molar-refractivity contribution in [3.8, 4) is 0 Å². The zero-order chi connectivity index (χ0) is 25.6. The number of benzene rings is 1. The lowest BCUT2D eigenvalue weighted by atomic mass is 10.0. The van der Waals surface area contributed by atoms with Crippen LogP contribution in [0.4, 0.5) is 11.6 Å². The standard InChI is InChI=1S/C26H31ClN6O2S/c1-14-12-18(15(2)28-20-10-11-21(27)29-23(20)24(34)31-36-4)22-19(13-14)25(35)32(3)26(30-22)33-16-6-5-7-17(33)9-8-16/h10-13,15-17,28H,5-9H2,1-4H3,(H,31,34). The first-order valence-corrected chi connectivity index (χ1v) is 13.9. The average Bonchev–Trinajstić information content (AvgIpc) is 3.09. The first-order chi connectivity index (χ1) is 17.3. The second-order valence-corrected chi connectivity index (χ2v) is 10.8. The maximum atomic E-state index is 13.6. The van der Waals surface area contributed by atoms with Crippen molar-refractivity contribution >= 4 is 52.0 Å². The third-order valence-electron chi connectivity index (χ3n) is 7.37. The minimum atomic E-state index is -0.330. The molecular weight excluding hydrogens is 496 g/mol. The van der Waals surface area contributed by atoms with Gasteiger partial charge >= 0.3 is 0 Å². The molecule has 2 saturated heterocycles. The third-order valence-corrected chi connectivity index (χ3v) is 7.97. The van der Waals surface area contributed by atoms with Crippen LogP contribution in [0.1, 0.15) is 66.7 Å². The van der Waals surface area contributed by atoms with Crippen LogP contribution in [0.2, 0.25) is 5.15 Å². The second-order valence-electron chi connectivity index (χ2n) is 9.78. The van der Waals surface area contributed by atoms with Crippen LogP contribution in [-0.4, -0.2) is 38.8 Å². The maximum Gasteiger partial charge on any atom is 0.281 e. The predicted molar refractivity (Wildman–Crippen MR) is 147 cm³/mol. The Morgan fingerprint density at radius 2 is 1.89 bits per heavy atom. The molecule has 3 atom stereocenters. The molecule has 2 fully saturated rings. The van der Waals surface area contributed by atoms with Crippen molar-refractivity contribution in [2.24, 2.45) is 7.05 Å². The van der Waals surface area contributed by atoms with Crippen molar-refractivity contribution in [3.63, 3.8) is 0 Å². The molecule has 190 valence electrons. The number of pyridine rings is 1. The number of hydrogen-bond acceptors (Lipinski definition) is 7. The van der Waals surface area contributed by atoms with E-state index in [0.717, 1.165) is 42.8 Å². The largest absolute Gasteiger partial charge is 0.377 e. The summed E-state index contributed by atoms with van der Waals surface area (Å²) in [6, 6.07) is 8.02. The predicted octanol–water partition coefficient (Wildman–Crippen LogP) is 4.99. The minimum absolute atomic E-state index is 0.0367. The maximum absolute atomic E-state index is 13.6. The second kappa shape index (κ2) is 9.94. The van der Waals surface area contributed by atoms with E-state index in [4.69, 9.17) is 16.6 Å². The molecule has 2 aliphatic rings. The zero-order valence-corrected chi connectivity index (χ0v) is 22.5. The first kappa shape index (κ1) is 24.9. The van der Waals surface area contributed by atoms with Crippen LogP contribution >= 0.6 is 23.5 Å². The summed E-state index contributed by atoms with van der Waals surface area (Å²) in [5.41, 5.74) is 3.32. The molecule has 0 aliphatic carbocycles. The molecule has 2 N–H and O–H groups in total. The molecule has 10 heteroatoms. The van der Waals surface area contributed by atoms with Gasteiger partial charge in [-0.1, -0.05) is 29.6 Å². The van der Waals surface area contributed by atoms with Gasteiger partial charge in [0.05, 0.1) is 22.6 Å². The fraction of sp³-hybridized carbons (Fsp3) is 0.462. The van der Waals surface area contributed by atoms with Gasteiger partial charge in [0.15, 0.2) is 5.69 Å². The molecule has 2 bridgehead atoms. The molecule has 1 amide bonds. The van der Waals surface area contributed by atoms with Gasteiger partial charge in [-0.25, -0.2) is 9.97 Å². The summed E-state index contributed by atoms with van der Waals surface area (Å²) < 4.78 is 4.42. The molecule has 2 aliphatic heterocycles. The van der Waals surface area contributed by atoms with Gasteiger partial charge in [-0.2, -0.15) is 0 Å². The molecule has 5 rings (SSSR count). The van der Waals surface area contributed by atoms with E-state index in [0.29, 0.717) is 28.7 Å². The number of aryl methyl sites for hydroxylation is 1. The Morgan fingerprint density at radius 3 is 2.58 bits per heavy atom. The fourth-order valence-corrected chi connectivity index (χ4v) is 6.15. The lowest BCUT2D eigenvalue weighted by Crippen LogP contribution is -2.43. The van der Waals surface area contributed by atoms with Gasteiger partial charge in [0.1, 0.15) is 5.15 Å². The van der Waals surface area contributed by atoms with Gasteiger partial charge in [-0.3, -0.25) is 18.9 Å². The van der Waals surface area contributed by atoms with Gasteiger partial charge in [-0.15, -0.1) is 0 Å². The quantitative estimate of drug-likeness (QED) is 0.345. The van der Waals surface area contributed by atoms with Crippen LogP contribution in [0.5, 0.6) is 0 Å². The highest BCUT2D eigenvalue weighted by molar-refractivity contribution is 7.97. The Morgan fingerprint density at radius 1 is 1.17 bits per heavy atom. The summed E-state index contributed by atoms with van der Waals surface area (Å²) in [6.45, 7) is 3.98. The van der Waals surface area contributed by atoms with Crippen LogP contribution in [0.15, 0.2) is 29.1 Å². The lowest BCUT2D eigenvalue weighted by molar-refractivity contribution is 0.0980. The van der Waals surface area contributed by atoms with E-state index in [1.165, 1.54) is 18.4 Å². The summed E-state index contributed by atoms with van der Waals surface area (Å²) >= 11 is 7.29. The normalized spacial score (nSPS) is 20.0. The van der Waals surface area contributed by atoms with Gasteiger partial charge in [-0.05, 0) is 69.7 Å². The summed E-state index contributed by atoms with van der Waals surface area (Å²) in [5, 5.41) is 4.26. The number of amides is 1. The lowest BCUT2D eigenvalue weighted by Gasteiger charge is -2.36. The highest BCUT2D eigenvalue weighted by atomic mass is 35.5. The topological polar surface area (TPSA) is 92.2 Å². The monoisotopic (exact) mass is 526 g/mol. The SMILES string of the molecule is CSNC(=O)c1nc(Cl)ccc1NC(C)c1cc(C)cc2c(=O)n(C)c(N3C4CCCC3CC4)nc12. The Balaban J connectivity index is 1.59. The Labute approximate surface area is 220 Å².